The number of carbonyl (C=O) groups excluding carboxylic acids is 1. The summed E-state index contributed by atoms with van der Waals surface area (Å²) in [6.45, 7) is 2.39. The third-order valence-corrected chi connectivity index (χ3v) is 4.18. The predicted octanol–water partition coefficient (Wildman–Crippen LogP) is 0.662. The van der Waals surface area contributed by atoms with Crippen molar-refractivity contribution in [3.63, 3.8) is 0 Å². The smallest absolute Gasteiger partial charge is 0.311 e. The van der Waals surface area contributed by atoms with Gasteiger partial charge in [0.1, 0.15) is 10.8 Å². The second-order valence-corrected chi connectivity index (χ2v) is 5.52. The van der Waals surface area contributed by atoms with Gasteiger partial charge in [0.2, 0.25) is 0 Å². The molecule has 0 radical (unpaired) electrons. The third kappa shape index (κ3) is 2.80. The molecule has 110 valence electrons. The number of amides is 1. The highest BCUT2D eigenvalue weighted by molar-refractivity contribution is 7.08. The van der Waals surface area contributed by atoms with Crippen molar-refractivity contribution in [3.05, 3.63) is 10.6 Å². The fraction of sp³-hybridized carbons (Fsp3) is 0.667. The van der Waals surface area contributed by atoms with Crippen molar-refractivity contribution >= 4 is 23.4 Å². The largest absolute Gasteiger partial charge is 0.481 e. The molecule has 0 spiro atoms. The molecule has 1 N–H and O–H groups in total. The Balaban J connectivity index is 2.15. The summed E-state index contributed by atoms with van der Waals surface area (Å²) >= 11 is 1.05. The van der Waals surface area contributed by atoms with Crippen molar-refractivity contribution in [2.45, 2.75) is 25.8 Å². The second-order valence-electron chi connectivity index (χ2n) is 4.76. The Morgan fingerprint density at radius 2 is 2.25 bits per heavy atom. The van der Waals surface area contributed by atoms with Gasteiger partial charge in [-0.3, -0.25) is 9.59 Å². The zero-order valence-electron chi connectivity index (χ0n) is 11.4. The Kier molecular flexibility index (Phi) is 4.66. The molecule has 2 atom stereocenters. The fourth-order valence-corrected chi connectivity index (χ4v) is 2.93. The summed E-state index contributed by atoms with van der Waals surface area (Å²) in [5, 5.41) is 13.1. The number of carbonyl (C=O) groups is 2. The van der Waals surface area contributed by atoms with E-state index in [1.807, 2.05) is 6.92 Å². The summed E-state index contributed by atoms with van der Waals surface area (Å²) in [6.07, 6.45) is 1.56. The van der Waals surface area contributed by atoms with Crippen LogP contribution in [0.5, 0.6) is 0 Å². The number of aryl methyl sites for hydroxylation is 1. The molecule has 0 saturated carbocycles. The number of ether oxygens (including phenoxy) is 1. The van der Waals surface area contributed by atoms with Crippen LogP contribution in [0.3, 0.4) is 0 Å². The maximum atomic E-state index is 12.5. The van der Waals surface area contributed by atoms with Gasteiger partial charge in [0.25, 0.3) is 5.91 Å². The van der Waals surface area contributed by atoms with Crippen LogP contribution < -0.4 is 0 Å². The SMILES string of the molecule is CCCc1nnsc1C(=O)N(C)C1COCC1C(=O)O. The maximum Gasteiger partial charge on any atom is 0.311 e. The first-order chi connectivity index (χ1) is 9.56. The van der Waals surface area contributed by atoms with Crippen LogP contribution in [0.15, 0.2) is 0 Å². The van der Waals surface area contributed by atoms with E-state index in [0.717, 1.165) is 18.0 Å². The second kappa shape index (κ2) is 6.27. The highest BCUT2D eigenvalue weighted by Gasteiger charge is 2.39. The van der Waals surface area contributed by atoms with Gasteiger partial charge in [-0.2, -0.15) is 0 Å². The van der Waals surface area contributed by atoms with E-state index < -0.39 is 17.9 Å². The molecule has 1 amide bonds. The molecule has 0 aromatic carbocycles. The lowest BCUT2D eigenvalue weighted by Gasteiger charge is -2.25. The maximum absolute atomic E-state index is 12.5. The van der Waals surface area contributed by atoms with Crippen LogP contribution in [-0.2, 0) is 16.0 Å². The number of carboxylic acid groups (broad SMARTS) is 1. The van der Waals surface area contributed by atoms with E-state index in [2.05, 4.69) is 9.59 Å². The van der Waals surface area contributed by atoms with Gasteiger partial charge in [0, 0.05) is 7.05 Å². The normalized spacial score (nSPS) is 21.9. The molecule has 7 nitrogen and oxygen atoms in total. The average Bonchev–Trinajstić information content (AvgIpc) is 3.05. The lowest BCUT2D eigenvalue weighted by atomic mass is 10.0. The standard InChI is InChI=1S/C12H17N3O4S/c1-3-4-8-10(20-14-13-8)11(16)15(2)9-6-19-5-7(9)12(17)18/h7,9H,3-6H2,1-2H3,(H,17,18). The number of carboxylic acids is 1. The zero-order valence-corrected chi connectivity index (χ0v) is 12.2. The van der Waals surface area contributed by atoms with E-state index in [-0.39, 0.29) is 19.1 Å². The number of aliphatic carboxylic acids is 1. The Bertz CT molecular complexity index is 505. The highest BCUT2D eigenvalue weighted by atomic mass is 32.1. The Morgan fingerprint density at radius 3 is 2.90 bits per heavy atom. The van der Waals surface area contributed by atoms with Gasteiger partial charge in [-0.25, -0.2) is 0 Å². The van der Waals surface area contributed by atoms with Crippen LogP contribution in [0.25, 0.3) is 0 Å². The summed E-state index contributed by atoms with van der Waals surface area (Å²) < 4.78 is 9.02. The van der Waals surface area contributed by atoms with Crippen LogP contribution >= 0.6 is 11.5 Å². The molecular formula is C12H17N3O4S. The summed E-state index contributed by atoms with van der Waals surface area (Å²) in [5.41, 5.74) is 0.681. The molecule has 20 heavy (non-hydrogen) atoms. The first kappa shape index (κ1) is 14.9. The number of aromatic nitrogens is 2. The molecule has 2 unspecified atom stereocenters. The minimum absolute atomic E-state index is 0.139. The molecule has 1 aliphatic heterocycles. The molecule has 1 aliphatic rings. The molecule has 8 heteroatoms. The van der Waals surface area contributed by atoms with Crippen molar-refractivity contribution in [3.8, 4) is 0 Å². The van der Waals surface area contributed by atoms with Crippen molar-refractivity contribution in [2.24, 2.45) is 5.92 Å². The van der Waals surface area contributed by atoms with E-state index in [0.29, 0.717) is 17.0 Å². The van der Waals surface area contributed by atoms with Gasteiger partial charge in [-0.15, -0.1) is 5.10 Å². The van der Waals surface area contributed by atoms with E-state index in [4.69, 9.17) is 9.84 Å². The summed E-state index contributed by atoms with van der Waals surface area (Å²) in [7, 11) is 1.60. The van der Waals surface area contributed by atoms with Crippen LogP contribution in [0.1, 0.15) is 28.7 Å². The minimum Gasteiger partial charge on any atom is -0.481 e. The first-order valence-electron chi connectivity index (χ1n) is 6.45. The Morgan fingerprint density at radius 1 is 1.50 bits per heavy atom. The van der Waals surface area contributed by atoms with Gasteiger partial charge in [0.15, 0.2) is 0 Å². The van der Waals surface area contributed by atoms with E-state index >= 15 is 0 Å². The van der Waals surface area contributed by atoms with Gasteiger partial charge in [-0.05, 0) is 18.0 Å². The summed E-state index contributed by atoms with van der Waals surface area (Å²) in [6, 6.07) is -0.448. The topological polar surface area (TPSA) is 92.6 Å². The zero-order chi connectivity index (χ0) is 14.7. The minimum atomic E-state index is -0.941. The number of likely N-dealkylation sites (N-methyl/N-ethyl adjacent to an activating group) is 1. The van der Waals surface area contributed by atoms with Crippen molar-refractivity contribution in [2.75, 3.05) is 20.3 Å². The van der Waals surface area contributed by atoms with Crippen LogP contribution in [-0.4, -0.2) is 57.8 Å². The average molecular weight is 299 g/mol. The van der Waals surface area contributed by atoms with Gasteiger partial charge in [-0.1, -0.05) is 17.8 Å². The molecule has 2 rings (SSSR count). The number of hydrogen-bond donors (Lipinski definition) is 1. The fourth-order valence-electron chi connectivity index (χ4n) is 2.24. The predicted molar refractivity (Wildman–Crippen MR) is 71.7 cm³/mol. The first-order valence-corrected chi connectivity index (χ1v) is 7.22. The number of nitrogens with zero attached hydrogens (tertiary/aromatic N) is 3. The molecule has 2 heterocycles. The molecule has 0 aliphatic carbocycles. The van der Waals surface area contributed by atoms with Crippen LogP contribution in [0, 0.1) is 5.92 Å². The van der Waals surface area contributed by atoms with Crippen molar-refractivity contribution in [1.82, 2.24) is 14.5 Å². The Hall–Kier alpha value is -1.54. The van der Waals surface area contributed by atoms with Crippen molar-refractivity contribution in [1.29, 1.82) is 0 Å². The quantitative estimate of drug-likeness (QED) is 0.858. The highest BCUT2D eigenvalue weighted by Crippen LogP contribution is 2.23. The molecule has 1 aromatic rings. The molecule has 1 fully saturated rings. The van der Waals surface area contributed by atoms with E-state index in [1.165, 1.54) is 4.90 Å². The molecule has 0 bridgehead atoms. The summed E-state index contributed by atoms with van der Waals surface area (Å²) in [5.74, 6) is -1.85. The van der Waals surface area contributed by atoms with Gasteiger partial charge < -0.3 is 14.7 Å². The lowest BCUT2D eigenvalue weighted by Crippen LogP contribution is -2.44. The summed E-state index contributed by atoms with van der Waals surface area (Å²) in [4.78, 5) is 25.6. The monoisotopic (exact) mass is 299 g/mol. The van der Waals surface area contributed by atoms with E-state index in [9.17, 15) is 9.59 Å². The van der Waals surface area contributed by atoms with Gasteiger partial charge in [0.05, 0.1) is 24.9 Å². The van der Waals surface area contributed by atoms with Crippen molar-refractivity contribution < 1.29 is 19.4 Å². The molecular weight excluding hydrogens is 282 g/mol. The van der Waals surface area contributed by atoms with Gasteiger partial charge >= 0.3 is 5.97 Å². The molecule has 1 saturated heterocycles. The Labute approximate surface area is 120 Å². The van der Waals surface area contributed by atoms with Crippen LogP contribution in [0.4, 0.5) is 0 Å². The number of hydrogen-bond acceptors (Lipinski definition) is 6. The third-order valence-electron chi connectivity index (χ3n) is 3.42. The van der Waals surface area contributed by atoms with E-state index in [1.54, 1.807) is 7.05 Å². The lowest BCUT2D eigenvalue weighted by molar-refractivity contribution is -0.142. The number of rotatable bonds is 5. The molecule has 1 aromatic heterocycles. The van der Waals surface area contributed by atoms with Crippen LogP contribution in [0.2, 0.25) is 0 Å².